The number of aromatic nitrogens is 2. The highest BCUT2D eigenvalue weighted by molar-refractivity contribution is 5.77. The van der Waals surface area contributed by atoms with Gasteiger partial charge in [0.15, 0.2) is 0 Å². The lowest BCUT2D eigenvalue weighted by atomic mass is 9.99. The molecule has 1 aromatic heterocycles. The van der Waals surface area contributed by atoms with Gasteiger partial charge in [0.2, 0.25) is 5.91 Å². The second kappa shape index (κ2) is 7.80. The van der Waals surface area contributed by atoms with E-state index >= 15 is 0 Å². The SMILES string of the molecule is C#C[C@@H](NC(=O)CCc1cnn(-c2ccccc2)c1)[C@@H]1CCOC1. The van der Waals surface area contributed by atoms with Crippen molar-refractivity contribution in [3.05, 3.63) is 48.3 Å². The highest BCUT2D eigenvalue weighted by atomic mass is 16.5. The van der Waals surface area contributed by atoms with Crippen LogP contribution < -0.4 is 5.32 Å². The predicted molar refractivity (Wildman–Crippen MR) is 91.6 cm³/mol. The van der Waals surface area contributed by atoms with E-state index in [1.165, 1.54) is 0 Å². The minimum absolute atomic E-state index is 0.0303. The Kier molecular flexibility index (Phi) is 5.29. The summed E-state index contributed by atoms with van der Waals surface area (Å²) in [6, 6.07) is 9.64. The summed E-state index contributed by atoms with van der Waals surface area (Å²) in [5.41, 5.74) is 2.03. The van der Waals surface area contributed by atoms with E-state index in [1.54, 1.807) is 6.20 Å². The van der Waals surface area contributed by atoms with E-state index in [9.17, 15) is 4.79 Å². The van der Waals surface area contributed by atoms with Crippen molar-refractivity contribution in [2.75, 3.05) is 13.2 Å². The maximum Gasteiger partial charge on any atom is 0.221 e. The van der Waals surface area contributed by atoms with E-state index in [0.717, 1.165) is 24.3 Å². The molecule has 0 aliphatic carbocycles. The Hall–Kier alpha value is -2.58. The average molecular weight is 323 g/mol. The minimum atomic E-state index is -0.243. The summed E-state index contributed by atoms with van der Waals surface area (Å²) >= 11 is 0. The van der Waals surface area contributed by atoms with Crippen molar-refractivity contribution in [3.8, 4) is 18.0 Å². The van der Waals surface area contributed by atoms with Crippen molar-refractivity contribution in [1.29, 1.82) is 0 Å². The number of amides is 1. The summed E-state index contributed by atoms with van der Waals surface area (Å²) in [4.78, 5) is 12.1. The van der Waals surface area contributed by atoms with E-state index in [4.69, 9.17) is 11.2 Å². The molecular weight excluding hydrogens is 302 g/mol. The molecule has 1 saturated heterocycles. The fraction of sp³-hybridized carbons (Fsp3) is 0.368. The van der Waals surface area contributed by atoms with Gasteiger partial charge < -0.3 is 10.1 Å². The molecule has 1 N–H and O–H groups in total. The number of nitrogens with zero attached hydrogens (tertiary/aromatic N) is 2. The first-order valence-electron chi connectivity index (χ1n) is 8.18. The molecule has 0 spiro atoms. The summed E-state index contributed by atoms with van der Waals surface area (Å²) in [6.07, 6.45) is 11.2. The monoisotopic (exact) mass is 323 g/mol. The Labute approximate surface area is 142 Å². The number of ether oxygens (including phenoxy) is 1. The van der Waals surface area contributed by atoms with Crippen molar-refractivity contribution < 1.29 is 9.53 Å². The first kappa shape index (κ1) is 16.3. The molecule has 2 aromatic rings. The van der Waals surface area contributed by atoms with Gasteiger partial charge in [0.25, 0.3) is 0 Å². The molecule has 0 unspecified atom stereocenters. The standard InChI is InChI=1S/C19H21N3O2/c1-2-18(16-10-11-24-14-16)21-19(23)9-8-15-12-20-22(13-15)17-6-4-3-5-7-17/h1,3-7,12-13,16,18H,8-11,14H2,(H,21,23)/t16-,18-/m1/s1. The zero-order chi connectivity index (χ0) is 16.8. The smallest absolute Gasteiger partial charge is 0.221 e. The molecule has 2 heterocycles. The van der Waals surface area contributed by atoms with Gasteiger partial charge in [-0.25, -0.2) is 4.68 Å². The number of hydrogen-bond donors (Lipinski definition) is 1. The van der Waals surface area contributed by atoms with Crippen molar-refractivity contribution in [2.24, 2.45) is 5.92 Å². The van der Waals surface area contributed by atoms with Crippen LogP contribution in [0.15, 0.2) is 42.7 Å². The summed E-state index contributed by atoms with van der Waals surface area (Å²) in [6.45, 7) is 1.34. The maximum atomic E-state index is 12.1. The molecule has 0 radical (unpaired) electrons. The number of hydrogen-bond acceptors (Lipinski definition) is 3. The van der Waals surface area contributed by atoms with Gasteiger partial charge in [-0.2, -0.15) is 5.10 Å². The van der Waals surface area contributed by atoms with Crippen LogP contribution in [0.1, 0.15) is 18.4 Å². The third-order valence-electron chi connectivity index (χ3n) is 4.23. The van der Waals surface area contributed by atoms with Crippen molar-refractivity contribution in [2.45, 2.75) is 25.3 Å². The van der Waals surface area contributed by atoms with Crippen molar-refractivity contribution in [1.82, 2.24) is 15.1 Å². The highest BCUT2D eigenvalue weighted by Gasteiger charge is 2.25. The van der Waals surface area contributed by atoms with Crippen molar-refractivity contribution >= 4 is 5.91 Å². The third kappa shape index (κ3) is 4.03. The zero-order valence-corrected chi connectivity index (χ0v) is 13.5. The molecule has 1 fully saturated rings. The maximum absolute atomic E-state index is 12.1. The molecule has 5 nitrogen and oxygen atoms in total. The quantitative estimate of drug-likeness (QED) is 0.827. The van der Waals surface area contributed by atoms with Crippen LogP contribution in [-0.4, -0.2) is 34.9 Å². The molecule has 0 saturated carbocycles. The summed E-state index contributed by atoms with van der Waals surface area (Å²) < 4.78 is 7.15. The molecule has 1 aromatic carbocycles. The fourth-order valence-corrected chi connectivity index (χ4v) is 2.83. The van der Waals surface area contributed by atoms with E-state index in [1.807, 2.05) is 41.2 Å². The number of terminal acetylenes is 1. The Morgan fingerprint density at radius 3 is 3.00 bits per heavy atom. The van der Waals surface area contributed by atoms with Crippen LogP contribution in [0.25, 0.3) is 5.69 Å². The fourth-order valence-electron chi connectivity index (χ4n) is 2.83. The lowest BCUT2D eigenvalue weighted by molar-refractivity contribution is -0.121. The van der Waals surface area contributed by atoms with Crippen molar-refractivity contribution in [3.63, 3.8) is 0 Å². The van der Waals surface area contributed by atoms with Gasteiger partial charge >= 0.3 is 0 Å². The number of aryl methyl sites for hydroxylation is 1. The van der Waals surface area contributed by atoms with Crippen LogP contribution in [0.2, 0.25) is 0 Å². The number of carbonyl (C=O) groups excluding carboxylic acids is 1. The molecule has 1 aliphatic rings. The van der Waals surface area contributed by atoms with Gasteiger partial charge in [-0.3, -0.25) is 4.79 Å². The second-order valence-corrected chi connectivity index (χ2v) is 5.96. The lowest BCUT2D eigenvalue weighted by Gasteiger charge is -2.18. The summed E-state index contributed by atoms with van der Waals surface area (Å²) in [7, 11) is 0. The molecule has 24 heavy (non-hydrogen) atoms. The molecule has 2 atom stereocenters. The number of rotatable bonds is 6. The van der Waals surface area contributed by atoms with Gasteiger partial charge in [-0.1, -0.05) is 24.1 Å². The van der Waals surface area contributed by atoms with Crippen LogP contribution >= 0.6 is 0 Å². The van der Waals surface area contributed by atoms with E-state index in [0.29, 0.717) is 19.4 Å². The Morgan fingerprint density at radius 2 is 2.29 bits per heavy atom. The minimum Gasteiger partial charge on any atom is -0.381 e. The first-order chi connectivity index (χ1) is 11.8. The second-order valence-electron chi connectivity index (χ2n) is 5.96. The lowest BCUT2D eigenvalue weighted by Crippen LogP contribution is -2.39. The largest absolute Gasteiger partial charge is 0.381 e. The predicted octanol–water partition coefficient (Wildman–Crippen LogP) is 1.96. The molecule has 5 heteroatoms. The molecular formula is C19H21N3O2. The van der Waals surface area contributed by atoms with Crippen LogP contribution in [0.5, 0.6) is 0 Å². The van der Waals surface area contributed by atoms with E-state index in [2.05, 4.69) is 16.3 Å². The Bertz CT molecular complexity index is 712. The first-order valence-corrected chi connectivity index (χ1v) is 8.18. The van der Waals surface area contributed by atoms with E-state index in [-0.39, 0.29) is 17.9 Å². The van der Waals surface area contributed by atoms with Gasteiger partial charge in [0.05, 0.1) is 24.5 Å². The highest BCUT2D eigenvalue weighted by Crippen LogP contribution is 2.16. The molecule has 3 rings (SSSR count). The van der Waals surface area contributed by atoms with Gasteiger partial charge in [0.1, 0.15) is 0 Å². The summed E-state index contributed by atoms with van der Waals surface area (Å²) in [5.74, 6) is 2.86. The number of para-hydroxylation sites is 1. The molecule has 0 bridgehead atoms. The number of carbonyl (C=O) groups is 1. The summed E-state index contributed by atoms with van der Waals surface area (Å²) in [5, 5.41) is 7.28. The third-order valence-corrected chi connectivity index (χ3v) is 4.23. The Morgan fingerprint density at radius 1 is 1.46 bits per heavy atom. The zero-order valence-electron chi connectivity index (χ0n) is 13.5. The van der Waals surface area contributed by atoms with Gasteiger partial charge in [-0.15, -0.1) is 6.42 Å². The molecule has 1 aliphatic heterocycles. The van der Waals surface area contributed by atoms with Crippen LogP contribution in [0, 0.1) is 18.3 Å². The normalized spacial score (nSPS) is 18.0. The van der Waals surface area contributed by atoms with Gasteiger partial charge in [-0.05, 0) is 30.5 Å². The molecule has 124 valence electrons. The Balaban J connectivity index is 1.51. The topological polar surface area (TPSA) is 56.2 Å². The number of nitrogens with one attached hydrogen (secondary N) is 1. The van der Waals surface area contributed by atoms with Crippen LogP contribution in [-0.2, 0) is 16.0 Å². The van der Waals surface area contributed by atoms with Crippen LogP contribution in [0.4, 0.5) is 0 Å². The van der Waals surface area contributed by atoms with Gasteiger partial charge in [0, 0.05) is 25.1 Å². The van der Waals surface area contributed by atoms with Crippen LogP contribution in [0.3, 0.4) is 0 Å². The van der Waals surface area contributed by atoms with E-state index < -0.39 is 0 Å². The molecule has 1 amide bonds. The average Bonchev–Trinajstić information content (AvgIpc) is 3.30. The number of benzene rings is 1.